The van der Waals surface area contributed by atoms with E-state index in [4.69, 9.17) is 10.5 Å². The van der Waals surface area contributed by atoms with Crippen molar-refractivity contribution in [2.24, 2.45) is 5.73 Å². The number of nitrogens with one attached hydrogen (secondary N) is 1. The third-order valence-corrected chi connectivity index (χ3v) is 3.54. The van der Waals surface area contributed by atoms with Gasteiger partial charge < -0.3 is 15.8 Å². The molecule has 0 bridgehead atoms. The summed E-state index contributed by atoms with van der Waals surface area (Å²) < 4.78 is 5.32. The number of nitrogens with two attached hydrogens (primary N) is 1. The summed E-state index contributed by atoms with van der Waals surface area (Å²) in [6, 6.07) is 2.01. The Hall–Kier alpha value is -1.66. The Labute approximate surface area is 119 Å². The van der Waals surface area contributed by atoms with Gasteiger partial charge in [0.05, 0.1) is 18.9 Å². The van der Waals surface area contributed by atoms with Crippen LogP contribution in [0.3, 0.4) is 0 Å². The van der Waals surface area contributed by atoms with Crippen LogP contribution in [0, 0.1) is 6.92 Å². The molecule has 2 heterocycles. The number of rotatable bonds is 5. The number of aromatic nitrogens is 1. The molecule has 2 rings (SSSR count). The molecule has 1 amide bonds. The van der Waals surface area contributed by atoms with Crippen molar-refractivity contribution in [3.8, 4) is 0 Å². The van der Waals surface area contributed by atoms with Crippen LogP contribution in [0.25, 0.3) is 0 Å². The largest absolute Gasteiger partial charge is 0.386 e. The normalized spacial score (nSPS) is 16.1. The number of aryl methyl sites for hydroxylation is 1. The van der Waals surface area contributed by atoms with Crippen LogP contribution >= 0.6 is 0 Å². The number of hydrogen-bond donors (Lipinski definition) is 2. The average molecular weight is 278 g/mol. The van der Waals surface area contributed by atoms with Gasteiger partial charge in [0.2, 0.25) is 0 Å². The number of morpholine rings is 1. The number of anilines is 1. The van der Waals surface area contributed by atoms with Gasteiger partial charge >= 0.3 is 0 Å². The van der Waals surface area contributed by atoms with E-state index in [1.165, 1.54) is 0 Å². The maximum absolute atomic E-state index is 11.5. The highest BCUT2D eigenvalue weighted by molar-refractivity contribution is 5.97. The number of primary amides is 1. The van der Waals surface area contributed by atoms with Crippen molar-refractivity contribution < 1.29 is 9.53 Å². The predicted octanol–water partition coefficient (Wildman–Crippen LogP) is 0.405. The van der Waals surface area contributed by atoms with E-state index < -0.39 is 5.91 Å². The molecule has 6 heteroatoms. The third-order valence-electron chi connectivity index (χ3n) is 3.54. The van der Waals surface area contributed by atoms with Gasteiger partial charge in [-0.3, -0.25) is 9.69 Å². The lowest BCUT2D eigenvalue weighted by molar-refractivity contribution is 0.0383. The van der Waals surface area contributed by atoms with Gasteiger partial charge in [-0.25, -0.2) is 4.98 Å². The minimum atomic E-state index is -0.495. The molecule has 110 valence electrons. The molecule has 1 saturated heterocycles. The number of ether oxygens (including phenoxy) is 1. The van der Waals surface area contributed by atoms with Crippen LogP contribution in [0.5, 0.6) is 0 Å². The van der Waals surface area contributed by atoms with Gasteiger partial charge in [-0.2, -0.15) is 0 Å². The lowest BCUT2D eigenvalue weighted by Crippen LogP contribution is -2.37. The second kappa shape index (κ2) is 6.67. The Bertz CT molecular complexity index is 484. The van der Waals surface area contributed by atoms with Crippen molar-refractivity contribution in [3.05, 3.63) is 23.0 Å². The second-order valence-corrected chi connectivity index (χ2v) is 4.97. The monoisotopic (exact) mass is 278 g/mol. The zero-order valence-corrected chi connectivity index (χ0v) is 12.1. The van der Waals surface area contributed by atoms with E-state index in [0.29, 0.717) is 11.4 Å². The summed E-state index contributed by atoms with van der Waals surface area (Å²) >= 11 is 0. The zero-order valence-electron chi connectivity index (χ0n) is 12.1. The fraction of sp³-hybridized carbons (Fsp3) is 0.571. The number of amides is 1. The van der Waals surface area contributed by atoms with Crippen molar-refractivity contribution >= 4 is 11.6 Å². The SMILES string of the molecule is CNc1c(C)cc(CCN2CCOCC2)nc1C(N)=O. The van der Waals surface area contributed by atoms with E-state index in [1.54, 1.807) is 7.05 Å². The number of hydrogen-bond acceptors (Lipinski definition) is 5. The van der Waals surface area contributed by atoms with Crippen molar-refractivity contribution in [2.75, 3.05) is 45.2 Å². The van der Waals surface area contributed by atoms with Crippen LogP contribution in [-0.2, 0) is 11.2 Å². The Morgan fingerprint density at radius 2 is 2.20 bits per heavy atom. The zero-order chi connectivity index (χ0) is 14.5. The number of pyridine rings is 1. The van der Waals surface area contributed by atoms with Crippen molar-refractivity contribution in [1.29, 1.82) is 0 Å². The van der Waals surface area contributed by atoms with Crippen LogP contribution in [0.2, 0.25) is 0 Å². The summed E-state index contributed by atoms with van der Waals surface area (Å²) in [4.78, 5) is 18.2. The third kappa shape index (κ3) is 3.46. The molecule has 0 unspecified atom stereocenters. The highest BCUT2D eigenvalue weighted by Gasteiger charge is 2.15. The Morgan fingerprint density at radius 3 is 2.80 bits per heavy atom. The Kier molecular flexibility index (Phi) is 4.92. The highest BCUT2D eigenvalue weighted by Crippen LogP contribution is 2.19. The summed E-state index contributed by atoms with van der Waals surface area (Å²) in [5.41, 5.74) is 8.34. The topological polar surface area (TPSA) is 80.5 Å². The van der Waals surface area contributed by atoms with Crippen LogP contribution < -0.4 is 11.1 Å². The van der Waals surface area contributed by atoms with E-state index in [2.05, 4.69) is 15.2 Å². The lowest BCUT2D eigenvalue weighted by Gasteiger charge is -2.26. The number of carbonyl (C=O) groups is 1. The molecule has 6 nitrogen and oxygen atoms in total. The summed E-state index contributed by atoms with van der Waals surface area (Å²) in [6.45, 7) is 6.37. The van der Waals surface area contributed by atoms with Gasteiger partial charge in [-0.05, 0) is 18.6 Å². The first kappa shape index (κ1) is 14.7. The summed E-state index contributed by atoms with van der Waals surface area (Å²) in [5, 5.41) is 2.99. The molecule has 0 atom stereocenters. The second-order valence-electron chi connectivity index (χ2n) is 4.97. The van der Waals surface area contributed by atoms with E-state index >= 15 is 0 Å². The van der Waals surface area contributed by atoms with Gasteiger partial charge in [-0.15, -0.1) is 0 Å². The number of nitrogens with zero attached hydrogens (tertiary/aromatic N) is 2. The molecule has 0 saturated carbocycles. The maximum atomic E-state index is 11.5. The van der Waals surface area contributed by atoms with Crippen LogP contribution in [0.1, 0.15) is 21.7 Å². The molecule has 1 aliphatic rings. The molecule has 20 heavy (non-hydrogen) atoms. The smallest absolute Gasteiger partial charge is 0.269 e. The van der Waals surface area contributed by atoms with Gasteiger partial charge in [0, 0.05) is 38.8 Å². The van der Waals surface area contributed by atoms with E-state index in [-0.39, 0.29) is 0 Å². The van der Waals surface area contributed by atoms with Crippen LogP contribution in [0.4, 0.5) is 5.69 Å². The van der Waals surface area contributed by atoms with Crippen molar-refractivity contribution in [2.45, 2.75) is 13.3 Å². The fourth-order valence-electron chi connectivity index (χ4n) is 2.46. The summed E-state index contributed by atoms with van der Waals surface area (Å²) in [6.07, 6.45) is 0.811. The molecule has 0 aromatic carbocycles. The van der Waals surface area contributed by atoms with Gasteiger partial charge in [-0.1, -0.05) is 0 Å². The fourth-order valence-corrected chi connectivity index (χ4v) is 2.46. The van der Waals surface area contributed by atoms with E-state index in [9.17, 15) is 4.79 Å². The molecule has 0 spiro atoms. The van der Waals surface area contributed by atoms with Gasteiger partial charge in [0.25, 0.3) is 5.91 Å². The molecule has 1 aromatic heterocycles. The Morgan fingerprint density at radius 1 is 1.50 bits per heavy atom. The van der Waals surface area contributed by atoms with Crippen molar-refractivity contribution in [3.63, 3.8) is 0 Å². The standard InChI is InChI=1S/C14H22N4O2/c1-10-9-11(3-4-18-5-7-20-8-6-18)17-13(14(15)19)12(10)16-2/h9,16H,3-8H2,1-2H3,(H2,15,19). The number of carbonyl (C=O) groups excluding carboxylic acids is 1. The van der Waals surface area contributed by atoms with E-state index in [1.807, 2.05) is 13.0 Å². The van der Waals surface area contributed by atoms with Gasteiger partial charge in [0.15, 0.2) is 5.69 Å². The predicted molar refractivity (Wildman–Crippen MR) is 78.0 cm³/mol. The van der Waals surface area contributed by atoms with Gasteiger partial charge in [0.1, 0.15) is 0 Å². The summed E-state index contributed by atoms with van der Waals surface area (Å²) in [5.74, 6) is -0.495. The van der Waals surface area contributed by atoms with Crippen LogP contribution in [0.15, 0.2) is 6.07 Å². The minimum absolute atomic E-state index is 0.324. The first-order valence-electron chi connectivity index (χ1n) is 6.90. The first-order valence-corrected chi connectivity index (χ1v) is 6.90. The van der Waals surface area contributed by atoms with E-state index in [0.717, 1.165) is 50.5 Å². The average Bonchev–Trinajstić information content (AvgIpc) is 2.45. The quantitative estimate of drug-likeness (QED) is 0.815. The molecule has 1 aromatic rings. The van der Waals surface area contributed by atoms with Crippen LogP contribution in [-0.4, -0.2) is 55.7 Å². The minimum Gasteiger partial charge on any atom is -0.386 e. The van der Waals surface area contributed by atoms with Crippen molar-refractivity contribution in [1.82, 2.24) is 9.88 Å². The Balaban J connectivity index is 2.09. The lowest BCUT2D eigenvalue weighted by atomic mass is 10.1. The molecule has 0 radical (unpaired) electrons. The maximum Gasteiger partial charge on any atom is 0.269 e. The molecular weight excluding hydrogens is 256 g/mol. The molecule has 1 aliphatic heterocycles. The first-order chi connectivity index (χ1) is 9.61. The molecular formula is C14H22N4O2. The molecule has 1 fully saturated rings. The molecule has 0 aliphatic carbocycles. The molecule has 3 N–H and O–H groups in total. The highest BCUT2D eigenvalue weighted by atomic mass is 16.5. The summed E-state index contributed by atoms with van der Waals surface area (Å²) in [7, 11) is 1.77.